The van der Waals surface area contributed by atoms with Crippen molar-refractivity contribution in [3.05, 3.63) is 24.4 Å². The molecular weight excluding hydrogens is 124 g/mol. The number of aliphatic imine (C=N–C) groups is 1. The molecule has 0 spiro atoms. The first-order chi connectivity index (χ1) is 4.79. The summed E-state index contributed by atoms with van der Waals surface area (Å²) in [6, 6.07) is 1.96. The molecule has 0 fully saturated rings. The van der Waals surface area contributed by atoms with Gasteiger partial charge in [0, 0.05) is 18.8 Å². The van der Waals surface area contributed by atoms with Gasteiger partial charge >= 0.3 is 0 Å². The van der Waals surface area contributed by atoms with Gasteiger partial charge in [0.25, 0.3) is 0 Å². The van der Waals surface area contributed by atoms with E-state index < -0.39 is 0 Å². The molecule has 0 atom stereocenters. The van der Waals surface area contributed by atoms with Crippen LogP contribution in [0, 0.1) is 0 Å². The largest absolute Gasteiger partial charge is 0.336 e. The summed E-state index contributed by atoms with van der Waals surface area (Å²) in [7, 11) is 1.93. The van der Waals surface area contributed by atoms with E-state index in [1.165, 1.54) is 0 Å². The summed E-state index contributed by atoms with van der Waals surface area (Å²) >= 11 is 0. The minimum absolute atomic E-state index is 0.870. The molecule has 0 bridgehead atoms. The SMILES string of the molecule is C=Cc1ccn(C)c1N=C. The molecule has 0 N–H and O–H groups in total. The molecule has 0 saturated heterocycles. The zero-order valence-electron chi connectivity index (χ0n) is 6.04. The molecular formula is C8H10N2. The fourth-order valence-corrected chi connectivity index (χ4v) is 0.903. The number of hydrogen-bond donors (Lipinski definition) is 0. The maximum atomic E-state index is 3.84. The second-order valence-electron chi connectivity index (χ2n) is 2.07. The van der Waals surface area contributed by atoms with Gasteiger partial charge in [-0.05, 0) is 12.8 Å². The summed E-state index contributed by atoms with van der Waals surface area (Å²) in [5.74, 6) is 0.870. The van der Waals surface area contributed by atoms with Gasteiger partial charge in [-0.15, -0.1) is 0 Å². The molecule has 0 amide bonds. The van der Waals surface area contributed by atoms with Crippen LogP contribution in [0.1, 0.15) is 5.56 Å². The number of aromatic nitrogens is 1. The minimum atomic E-state index is 0.870. The third kappa shape index (κ3) is 0.880. The summed E-state index contributed by atoms with van der Waals surface area (Å²) in [5, 5.41) is 0. The molecule has 0 radical (unpaired) electrons. The highest BCUT2D eigenvalue weighted by molar-refractivity contribution is 5.62. The van der Waals surface area contributed by atoms with Gasteiger partial charge in [0.2, 0.25) is 0 Å². The first-order valence-electron chi connectivity index (χ1n) is 3.04. The van der Waals surface area contributed by atoms with Crippen molar-refractivity contribution in [3.63, 3.8) is 0 Å². The van der Waals surface area contributed by atoms with Crippen LogP contribution in [-0.2, 0) is 7.05 Å². The number of rotatable bonds is 2. The van der Waals surface area contributed by atoms with Crippen molar-refractivity contribution in [2.45, 2.75) is 0 Å². The summed E-state index contributed by atoms with van der Waals surface area (Å²) in [6.07, 6.45) is 3.70. The van der Waals surface area contributed by atoms with Crippen molar-refractivity contribution < 1.29 is 0 Å². The lowest BCUT2D eigenvalue weighted by Crippen LogP contribution is -1.81. The Balaban J connectivity index is 3.25. The fourth-order valence-electron chi connectivity index (χ4n) is 0.903. The molecule has 0 aromatic carbocycles. The Kier molecular flexibility index (Phi) is 1.71. The molecule has 1 aromatic heterocycles. The number of nitrogens with zero attached hydrogens (tertiary/aromatic N) is 2. The first-order valence-corrected chi connectivity index (χ1v) is 3.04. The second kappa shape index (κ2) is 2.52. The van der Waals surface area contributed by atoms with Crippen molar-refractivity contribution in [1.29, 1.82) is 0 Å². The Labute approximate surface area is 60.5 Å². The van der Waals surface area contributed by atoms with Crippen molar-refractivity contribution in [3.8, 4) is 0 Å². The van der Waals surface area contributed by atoms with Gasteiger partial charge < -0.3 is 4.57 Å². The maximum absolute atomic E-state index is 3.84. The molecule has 10 heavy (non-hydrogen) atoms. The first kappa shape index (κ1) is 6.81. The van der Waals surface area contributed by atoms with Crippen LogP contribution in [0.25, 0.3) is 6.08 Å². The van der Waals surface area contributed by atoms with E-state index in [0.717, 1.165) is 11.4 Å². The van der Waals surface area contributed by atoms with E-state index in [1.54, 1.807) is 6.08 Å². The van der Waals surface area contributed by atoms with Crippen LogP contribution in [0.5, 0.6) is 0 Å². The predicted molar refractivity (Wildman–Crippen MR) is 44.7 cm³/mol. The van der Waals surface area contributed by atoms with E-state index >= 15 is 0 Å². The summed E-state index contributed by atoms with van der Waals surface area (Å²) in [6.45, 7) is 7.11. The Morgan fingerprint density at radius 1 is 1.70 bits per heavy atom. The van der Waals surface area contributed by atoms with E-state index in [-0.39, 0.29) is 0 Å². The van der Waals surface area contributed by atoms with Gasteiger partial charge in [-0.3, -0.25) is 0 Å². The van der Waals surface area contributed by atoms with Gasteiger partial charge in [0.15, 0.2) is 0 Å². The number of hydrogen-bond acceptors (Lipinski definition) is 1. The average Bonchev–Trinajstić information content (AvgIpc) is 2.30. The summed E-state index contributed by atoms with van der Waals surface area (Å²) in [5.41, 5.74) is 1.03. The molecule has 0 aliphatic rings. The lowest BCUT2D eigenvalue weighted by Gasteiger charge is -1.95. The molecule has 0 saturated carbocycles. The lowest BCUT2D eigenvalue weighted by atomic mass is 10.3. The zero-order chi connectivity index (χ0) is 7.56. The molecule has 2 heteroatoms. The molecule has 0 aliphatic heterocycles. The third-order valence-corrected chi connectivity index (χ3v) is 1.44. The van der Waals surface area contributed by atoms with E-state index in [1.807, 2.05) is 23.9 Å². The molecule has 1 rings (SSSR count). The van der Waals surface area contributed by atoms with Crippen molar-refractivity contribution in [2.24, 2.45) is 12.0 Å². The Bertz CT molecular complexity index is 258. The van der Waals surface area contributed by atoms with Crippen molar-refractivity contribution >= 4 is 18.6 Å². The normalized spacial score (nSPS) is 9.30. The molecule has 1 aromatic rings. The zero-order valence-corrected chi connectivity index (χ0v) is 6.04. The maximum Gasteiger partial charge on any atom is 0.138 e. The quantitative estimate of drug-likeness (QED) is 0.550. The van der Waals surface area contributed by atoms with Crippen LogP contribution < -0.4 is 0 Å². The number of aryl methyl sites for hydroxylation is 1. The van der Waals surface area contributed by atoms with Crippen molar-refractivity contribution in [1.82, 2.24) is 4.57 Å². The highest BCUT2D eigenvalue weighted by Crippen LogP contribution is 2.19. The Morgan fingerprint density at radius 3 is 2.80 bits per heavy atom. The van der Waals surface area contributed by atoms with E-state index in [9.17, 15) is 0 Å². The van der Waals surface area contributed by atoms with Gasteiger partial charge in [0.05, 0.1) is 0 Å². The Morgan fingerprint density at radius 2 is 2.40 bits per heavy atom. The van der Waals surface area contributed by atoms with E-state index in [2.05, 4.69) is 18.3 Å². The van der Waals surface area contributed by atoms with Crippen LogP contribution in [0.2, 0.25) is 0 Å². The van der Waals surface area contributed by atoms with Crippen LogP contribution in [-0.4, -0.2) is 11.3 Å². The highest BCUT2D eigenvalue weighted by atomic mass is 15.0. The minimum Gasteiger partial charge on any atom is -0.336 e. The molecule has 0 aliphatic carbocycles. The Hall–Kier alpha value is -1.31. The highest BCUT2D eigenvalue weighted by Gasteiger charge is 1.98. The molecule has 1 heterocycles. The van der Waals surface area contributed by atoms with Gasteiger partial charge in [-0.1, -0.05) is 12.7 Å². The third-order valence-electron chi connectivity index (χ3n) is 1.44. The van der Waals surface area contributed by atoms with Crippen LogP contribution >= 0.6 is 0 Å². The van der Waals surface area contributed by atoms with E-state index in [0.29, 0.717) is 0 Å². The molecule has 0 unspecified atom stereocenters. The van der Waals surface area contributed by atoms with E-state index in [4.69, 9.17) is 0 Å². The van der Waals surface area contributed by atoms with Crippen LogP contribution in [0.3, 0.4) is 0 Å². The van der Waals surface area contributed by atoms with Gasteiger partial charge in [0.1, 0.15) is 5.82 Å². The van der Waals surface area contributed by atoms with Crippen LogP contribution in [0.15, 0.2) is 23.8 Å². The molecule has 2 nitrogen and oxygen atoms in total. The lowest BCUT2D eigenvalue weighted by molar-refractivity contribution is 0.926. The topological polar surface area (TPSA) is 17.3 Å². The van der Waals surface area contributed by atoms with Crippen molar-refractivity contribution in [2.75, 3.05) is 0 Å². The van der Waals surface area contributed by atoms with Crippen LogP contribution in [0.4, 0.5) is 5.82 Å². The smallest absolute Gasteiger partial charge is 0.138 e. The predicted octanol–water partition coefficient (Wildman–Crippen LogP) is 2.00. The summed E-state index contributed by atoms with van der Waals surface area (Å²) in [4.78, 5) is 3.84. The van der Waals surface area contributed by atoms with Gasteiger partial charge in [-0.2, -0.15) is 0 Å². The standard InChI is InChI=1S/C8H10N2/c1-4-7-5-6-10(3)8(7)9-2/h4-6H,1-2H2,3H3. The monoisotopic (exact) mass is 134 g/mol. The second-order valence-corrected chi connectivity index (χ2v) is 2.07. The summed E-state index contributed by atoms with van der Waals surface area (Å²) < 4.78 is 1.91. The average molecular weight is 134 g/mol. The van der Waals surface area contributed by atoms with Gasteiger partial charge in [-0.25, -0.2) is 4.99 Å². The molecule has 52 valence electrons. The fraction of sp³-hybridized carbons (Fsp3) is 0.125.